The predicted molar refractivity (Wildman–Crippen MR) is 60.0 cm³/mol. The predicted octanol–water partition coefficient (Wildman–Crippen LogP) is 1.66. The van der Waals surface area contributed by atoms with E-state index < -0.39 is 0 Å². The van der Waals surface area contributed by atoms with Gasteiger partial charge in [-0.25, -0.2) is 9.98 Å². The molecule has 1 heterocycles. The van der Waals surface area contributed by atoms with E-state index in [2.05, 4.69) is 9.98 Å². The van der Waals surface area contributed by atoms with Crippen LogP contribution in [0.1, 0.15) is 6.42 Å². The van der Waals surface area contributed by atoms with E-state index in [1.54, 1.807) is 24.5 Å². The second-order valence-electron chi connectivity index (χ2n) is 2.65. The second kappa shape index (κ2) is 7.44. The molecule has 4 heteroatoms. The molecule has 1 aliphatic heterocycles. The third-order valence-electron chi connectivity index (χ3n) is 1.48. The van der Waals surface area contributed by atoms with Crippen LogP contribution in [0.15, 0.2) is 46.6 Å². The Morgan fingerprint density at radius 3 is 3.00 bits per heavy atom. The van der Waals surface area contributed by atoms with Gasteiger partial charge in [-0.3, -0.25) is 4.79 Å². The molecule has 78 valence electrons. The Hall–Kier alpha value is -1.97. The van der Waals surface area contributed by atoms with Crippen LogP contribution in [0.2, 0.25) is 0 Å². The summed E-state index contributed by atoms with van der Waals surface area (Å²) in [5.41, 5.74) is 0. The summed E-state index contributed by atoms with van der Waals surface area (Å²) < 4.78 is 5.05. The summed E-state index contributed by atoms with van der Waals surface area (Å²) in [5, 5.41) is 0. The Morgan fingerprint density at radius 1 is 1.20 bits per heavy atom. The van der Waals surface area contributed by atoms with Crippen LogP contribution in [-0.2, 0) is 9.53 Å². The van der Waals surface area contributed by atoms with Crippen LogP contribution in [0.5, 0.6) is 0 Å². The fourth-order valence-electron chi connectivity index (χ4n) is 0.816. The lowest BCUT2D eigenvalue weighted by molar-refractivity contribution is -0.116. The number of amides is 1. The highest BCUT2D eigenvalue weighted by molar-refractivity contribution is 5.87. The van der Waals surface area contributed by atoms with E-state index in [4.69, 9.17) is 4.74 Å². The fraction of sp³-hybridized carbons (Fsp3) is 0.182. The van der Waals surface area contributed by atoms with Gasteiger partial charge in [0.15, 0.2) is 0 Å². The van der Waals surface area contributed by atoms with Crippen molar-refractivity contribution in [2.24, 2.45) is 9.98 Å². The van der Waals surface area contributed by atoms with Crippen molar-refractivity contribution >= 4 is 18.5 Å². The average Bonchev–Trinajstić information content (AvgIpc) is 2.24. The van der Waals surface area contributed by atoms with E-state index in [-0.39, 0.29) is 12.3 Å². The Labute approximate surface area is 88.4 Å². The molecular formula is C11H12N2O2. The van der Waals surface area contributed by atoms with Crippen LogP contribution in [0, 0.1) is 0 Å². The lowest BCUT2D eigenvalue weighted by atomic mass is 10.3. The number of aliphatic imine (C=N–C) groups is 2. The van der Waals surface area contributed by atoms with Crippen LogP contribution in [0.25, 0.3) is 0 Å². The molecule has 15 heavy (non-hydrogen) atoms. The minimum atomic E-state index is -0.217. The molecule has 1 amide bonds. The van der Waals surface area contributed by atoms with Crippen molar-refractivity contribution in [1.82, 2.24) is 0 Å². The Morgan fingerprint density at radius 2 is 2.07 bits per heavy atom. The van der Waals surface area contributed by atoms with Crippen LogP contribution >= 0.6 is 0 Å². The molecule has 0 bridgehead atoms. The van der Waals surface area contributed by atoms with Gasteiger partial charge in [0.1, 0.15) is 12.9 Å². The third kappa shape index (κ3) is 6.15. The maximum Gasteiger partial charge on any atom is 0.250 e. The van der Waals surface area contributed by atoms with E-state index in [0.717, 1.165) is 0 Å². The van der Waals surface area contributed by atoms with Crippen molar-refractivity contribution in [2.45, 2.75) is 6.42 Å². The number of hydrogen-bond acceptors (Lipinski definition) is 3. The van der Waals surface area contributed by atoms with Gasteiger partial charge in [0, 0.05) is 12.6 Å². The molecule has 0 saturated carbocycles. The van der Waals surface area contributed by atoms with E-state index >= 15 is 0 Å². The fourth-order valence-corrected chi connectivity index (χ4v) is 0.816. The first-order valence-electron chi connectivity index (χ1n) is 4.56. The largest absolute Gasteiger partial charge is 0.496 e. The molecule has 0 aliphatic carbocycles. The van der Waals surface area contributed by atoms with Gasteiger partial charge in [0.05, 0.1) is 6.26 Å². The van der Waals surface area contributed by atoms with Crippen molar-refractivity contribution in [3.05, 3.63) is 36.6 Å². The van der Waals surface area contributed by atoms with Crippen molar-refractivity contribution in [2.75, 3.05) is 6.61 Å². The Bertz CT molecular complexity index is 338. The lowest BCUT2D eigenvalue weighted by Gasteiger charge is -1.91. The number of carbonyl (C=O) groups is 1. The first-order chi connectivity index (χ1) is 7.39. The van der Waals surface area contributed by atoms with Gasteiger partial charge in [-0.1, -0.05) is 24.3 Å². The normalized spacial score (nSPS) is 17.5. The molecule has 0 fully saturated rings. The Balaban J connectivity index is 2.59. The molecule has 4 nitrogen and oxygen atoms in total. The van der Waals surface area contributed by atoms with E-state index in [0.29, 0.717) is 6.61 Å². The number of ether oxygens (including phenoxy) is 1. The quantitative estimate of drug-likeness (QED) is 0.602. The topological polar surface area (TPSA) is 51.0 Å². The number of nitrogens with zero attached hydrogens (tertiary/aromatic N) is 2. The summed E-state index contributed by atoms with van der Waals surface area (Å²) in [6, 6.07) is 0. The zero-order chi connectivity index (χ0) is 10.8. The summed E-state index contributed by atoms with van der Waals surface area (Å²) in [6.45, 7) is 0.361. The van der Waals surface area contributed by atoms with E-state index in [9.17, 15) is 4.79 Å². The molecule has 0 unspecified atom stereocenters. The lowest BCUT2D eigenvalue weighted by Crippen LogP contribution is -1.92. The zero-order valence-corrected chi connectivity index (χ0v) is 8.24. The number of rotatable bonds is 0. The zero-order valence-electron chi connectivity index (χ0n) is 8.24. The first-order valence-corrected chi connectivity index (χ1v) is 4.56. The maximum atomic E-state index is 11.1. The number of allylic oxidation sites excluding steroid dienone is 4. The highest BCUT2D eigenvalue weighted by Crippen LogP contribution is 1.89. The highest BCUT2D eigenvalue weighted by atomic mass is 16.5. The molecule has 0 spiro atoms. The number of carbonyl (C=O) groups excluding carboxylic acids is 1. The molecule has 0 saturated heterocycles. The van der Waals surface area contributed by atoms with Crippen molar-refractivity contribution < 1.29 is 9.53 Å². The number of hydrogen-bond donors (Lipinski definition) is 0. The molecular weight excluding hydrogens is 192 g/mol. The van der Waals surface area contributed by atoms with Gasteiger partial charge in [0.2, 0.25) is 0 Å². The smallest absolute Gasteiger partial charge is 0.250 e. The monoisotopic (exact) mass is 204 g/mol. The summed E-state index contributed by atoms with van der Waals surface area (Å²) >= 11 is 0. The van der Waals surface area contributed by atoms with Crippen molar-refractivity contribution in [3.63, 3.8) is 0 Å². The van der Waals surface area contributed by atoms with Gasteiger partial charge in [-0.05, 0) is 6.08 Å². The van der Waals surface area contributed by atoms with Crippen LogP contribution < -0.4 is 0 Å². The van der Waals surface area contributed by atoms with E-state index in [1.807, 2.05) is 12.2 Å². The molecule has 0 N–H and O–H groups in total. The molecule has 1 aliphatic rings. The molecule has 0 aromatic heterocycles. The third-order valence-corrected chi connectivity index (χ3v) is 1.48. The van der Waals surface area contributed by atoms with Crippen LogP contribution in [0.3, 0.4) is 0 Å². The summed E-state index contributed by atoms with van der Waals surface area (Å²) in [7, 11) is 0. The van der Waals surface area contributed by atoms with Gasteiger partial charge >= 0.3 is 0 Å². The maximum absolute atomic E-state index is 11.1. The van der Waals surface area contributed by atoms with Crippen molar-refractivity contribution in [1.29, 1.82) is 0 Å². The Kier molecular flexibility index (Phi) is 5.51. The van der Waals surface area contributed by atoms with E-state index in [1.165, 1.54) is 12.6 Å². The van der Waals surface area contributed by atoms with Gasteiger partial charge in [-0.2, -0.15) is 0 Å². The summed E-state index contributed by atoms with van der Waals surface area (Å²) in [4.78, 5) is 18.4. The molecule has 0 aromatic carbocycles. The first kappa shape index (κ1) is 11.1. The molecule has 0 aromatic rings. The van der Waals surface area contributed by atoms with Gasteiger partial charge in [0.25, 0.3) is 5.91 Å². The summed E-state index contributed by atoms with van der Waals surface area (Å²) in [6.07, 6.45) is 13.5. The standard InChI is InChI=1S/C11H12N2O2/c14-11-6-4-2-1-3-5-8-15-9-7-12-10-13-11/h1-5,7-8,10H,6,9H2. The van der Waals surface area contributed by atoms with Gasteiger partial charge < -0.3 is 4.74 Å². The van der Waals surface area contributed by atoms with Crippen LogP contribution in [-0.4, -0.2) is 25.1 Å². The summed E-state index contributed by atoms with van der Waals surface area (Å²) in [5.74, 6) is -0.217. The molecule has 0 atom stereocenters. The second-order valence-corrected chi connectivity index (χ2v) is 2.65. The minimum absolute atomic E-state index is 0.217. The average molecular weight is 204 g/mol. The van der Waals surface area contributed by atoms with Gasteiger partial charge in [-0.15, -0.1) is 0 Å². The molecule has 1 rings (SSSR count). The van der Waals surface area contributed by atoms with Crippen LogP contribution in [0.4, 0.5) is 0 Å². The van der Waals surface area contributed by atoms with Crippen molar-refractivity contribution in [3.8, 4) is 0 Å². The molecule has 0 radical (unpaired) electrons. The minimum Gasteiger partial charge on any atom is -0.496 e. The highest BCUT2D eigenvalue weighted by Gasteiger charge is 1.90. The SMILES string of the molecule is O=C1CC=CC=CC=COCC=NC=N1.